The van der Waals surface area contributed by atoms with Gasteiger partial charge in [0.2, 0.25) is 0 Å². The number of rotatable bonds is 0. The Kier molecular flexibility index (Phi) is 1.82. The molecule has 2 amide bonds. The van der Waals surface area contributed by atoms with Crippen molar-refractivity contribution in [2.24, 2.45) is 0 Å². The molecule has 1 aliphatic rings. The number of carbonyl (C=O) groups excluding carboxylic acids is 2. The zero-order chi connectivity index (χ0) is 7.72. The summed E-state index contributed by atoms with van der Waals surface area (Å²) in [6.45, 7) is 0. The number of nitrogens with one attached hydrogen (secondary N) is 2. The van der Waals surface area contributed by atoms with Gasteiger partial charge in [-0.1, -0.05) is 0 Å². The van der Waals surface area contributed by atoms with Gasteiger partial charge in [-0.05, 0) is 0 Å². The molecule has 1 fully saturated rings. The lowest BCUT2D eigenvalue weighted by Gasteiger charge is -2.28. The molecule has 0 saturated carbocycles. The Hall–Kier alpha value is -0.750. The molecule has 1 atom stereocenters. The summed E-state index contributed by atoms with van der Waals surface area (Å²) in [4.78, 5) is 22.5. The van der Waals surface area contributed by atoms with Gasteiger partial charge in [0.1, 0.15) is 5.50 Å². The highest BCUT2D eigenvalue weighted by atomic mass is 32.1. The molecule has 2 N–H and O–H groups in total. The molecule has 1 rings (SSSR count). The maximum absolute atomic E-state index is 10.8. The summed E-state index contributed by atoms with van der Waals surface area (Å²) in [7, 11) is 1.49. The zero-order valence-corrected chi connectivity index (χ0v) is 6.18. The van der Waals surface area contributed by atoms with Gasteiger partial charge >= 0.3 is 11.8 Å². The number of nitrogens with zero attached hydrogens (tertiary/aromatic N) is 1. The summed E-state index contributed by atoms with van der Waals surface area (Å²) >= 11 is 3.94. The van der Waals surface area contributed by atoms with Crippen LogP contribution in [0.5, 0.6) is 0 Å². The monoisotopic (exact) mass is 161 g/mol. The molecule has 6 heteroatoms. The van der Waals surface area contributed by atoms with Crippen molar-refractivity contribution in [1.29, 1.82) is 0 Å². The van der Waals surface area contributed by atoms with Crippen molar-refractivity contribution in [2.75, 3.05) is 7.05 Å². The second kappa shape index (κ2) is 2.47. The van der Waals surface area contributed by atoms with Gasteiger partial charge in [0.15, 0.2) is 0 Å². The molecule has 1 unspecified atom stereocenters. The predicted molar refractivity (Wildman–Crippen MR) is 36.8 cm³/mol. The third-order valence-corrected chi connectivity index (χ3v) is 1.67. The Morgan fingerprint density at radius 1 is 1.60 bits per heavy atom. The summed E-state index contributed by atoms with van der Waals surface area (Å²) in [5.41, 5.74) is 4.20. The minimum Gasteiger partial charge on any atom is -0.312 e. The zero-order valence-electron chi connectivity index (χ0n) is 5.29. The van der Waals surface area contributed by atoms with E-state index < -0.39 is 17.3 Å². The molecule has 0 radical (unpaired) electrons. The lowest BCUT2D eigenvalue weighted by atomic mass is 10.5. The summed E-state index contributed by atoms with van der Waals surface area (Å²) < 4.78 is 0. The topological polar surface area (TPSA) is 61.4 Å². The van der Waals surface area contributed by atoms with Gasteiger partial charge in [-0.3, -0.25) is 15.0 Å². The Morgan fingerprint density at radius 2 is 2.20 bits per heavy atom. The summed E-state index contributed by atoms with van der Waals surface area (Å²) in [6.07, 6.45) is 0. The van der Waals surface area contributed by atoms with Crippen LogP contribution in [0.2, 0.25) is 0 Å². The Bertz CT molecular complexity index is 183. The van der Waals surface area contributed by atoms with Gasteiger partial charge in [0.05, 0.1) is 0 Å². The average Bonchev–Trinajstić information content (AvgIpc) is 1.93. The minimum absolute atomic E-state index is 0.440. The first-order valence-electron chi connectivity index (χ1n) is 2.63. The summed E-state index contributed by atoms with van der Waals surface area (Å²) in [5, 5.41) is 0. The Morgan fingerprint density at radius 3 is 2.70 bits per heavy atom. The molecule has 0 spiro atoms. The van der Waals surface area contributed by atoms with Crippen LogP contribution in [0, 0.1) is 0 Å². The van der Waals surface area contributed by atoms with Crippen LogP contribution < -0.4 is 10.9 Å². The van der Waals surface area contributed by atoms with Crippen molar-refractivity contribution < 1.29 is 9.59 Å². The fourth-order valence-electron chi connectivity index (χ4n) is 0.552. The molecule has 1 heterocycles. The molecule has 5 nitrogen and oxygen atoms in total. The van der Waals surface area contributed by atoms with Crippen molar-refractivity contribution in [3.8, 4) is 0 Å². The first-order valence-corrected chi connectivity index (χ1v) is 3.15. The van der Waals surface area contributed by atoms with E-state index >= 15 is 0 Å². The molecule has 0 aromatic heterocycles. The highest BCUT2D eigenvalue weighted by Gasteiger charge is 2.28. The Balaban J connectivity index is 2.70. The lowest BCUT2D eigenvalue weighted by molar-refractivity contribution is -0.149. The fraction of sp³-hybridized carbons (Fsp3) is 0.500. The third kappa shape index (κ3) is 1.07. The molecular weight excluding hydrogens is 154 g/mol. The lowest BCUT2D eigenvalue weighted by Crippen LogP contribution is -2.61. The van der Waals surface area contributed by atoms with Crippen LogP contribution in [0.25, 0.3) is 0 Å². The van der Waals surface area contributed by atoms with Crippen LogP contribution in [0.3, 0.4) is 0 Å². The fourth-order valence-corrected chi connectivity index (χ4v) is 0.721. The molecule has 0 aromatic carbocycles. The van der Waals surface area contributed by atoms with Crippen LogP contribution in [-0.2, 0) is 9.59 Å². The van der Waals surface area contributed by atoms with E-state index in [0.29, 0.717) is 0 Å². The van der Waals surface area contributed by atoms with E-state index in [1.165, 1.54) is 11.9 Å². The third-order valence-electron chi connectivity index (χ3n) is 1.20. The number of hydrogen-bond donors (Lipinski definition) is 3. The van der Waals surface area contributed by atoms with Crippen molar-refractivity contribution >= 4 is 24.4 Å². The molecule has 10 heavy (non-hydrogen) atoms. The predicted octanol–water partition coefficient (Wildman–Crippen LogP) is -1.71. The van der Waals surface area contributed by atoms with E-state index in [9.17, 15) is 9.59 Å². The van der Waals surface area contributed by atoms with E-state index in [2.05, 4.69) is 23.5 Å². The van der Waals surface area contributed by atoms with Crippen molar-refractivity contribution in [1.82, 2.24) is 15.8 Å². The van der Waals surface area contributed by atoms with E-state index in [-0.39, 0.29) is 0 Å². The van der Waals surface area contributed by atoms with Gasteiger partial charge < -0.3 is 4.90 Å². The van der Waals surface area contributed by atoms with Crippen molar-refractivity contribution in [2.45, 2.75) is 5.50 Å². The number of thiol groups is 1. The molecule has 1 saturated heterocycles. The SMILES string of the molecule is CN1C(=O)C(=O)NNC1S. The number of hydrazine groups is 1. The summed E-state index contributed by atoms with van der Waals surface area (Å²) in [6, 6.07) is 0. The minimum atomic E-state index is -0.659. The number of likely N-dealkylation sites (N-methyl/N-ethyl adjacent to an activating group) is 1. The van der Waals surface area contributed by atoms with E-state index in [0.717, 1.165) is 0 Å². The van der Waals surface area contributed by atoms with Gasteiger partial charge in [-0.25, -0.2) is 5.43 Å². The van der Waals surface area contributed by atoms with E-state index in [1.54, 1.807) is 0 Å². The number of amides is 2. The molecule has 56 valence electrons. The Labute approximate surface area is 63.1 Å². The molecule has 0 aromatic rings. The van der Waals surface area contributed by atoms with Crippen LogP contribution >= 0.6 is 12.6 Å². The van der Waals surface area contributed by atoms with Gasteiger partial charge in [-0.15, -0.1) is 12.6 Å². The number of carbonyl (C=O) groups is 2. The van der Waals surface area contributed by atoms with Gasteiger partial charge in [-0.2, -0.15) is 0 Å². The average molecular weight is 161 g/mol. The molecular formula is C4H7N3O2S. The van der Waals surface area contributed by atoms with E-state index in [1.807, 2.05) is 0 Å². The highest BCUT2D eigenvalue weighted by Crippen LogP contribution is 2.00. The normalized spacial score (nSPS) is 26.6. The second-order valence-electron chi connectivity index (χ2n) is 1.89. The van der Waals surface area contributed by atoms with Crippen molar-refractivity contribution in [3.05, 3.63) is 0 Å². The van der Waals surface area contributed by atoms with Crippen LogP contribution in [0.1, 0.15) is 0 Å². The molecule has 0 bridgehead atoms. The molecule has 1 aliphatic heterocycles. The summed E-state index contributed by atoms with van der Waals surface area (Å²) in [5.74, 6) is -1.24. The van der Waals surface area contributed by atoms with Gasteiger partial charge in [0, 0.05) is 7.05 Å². The maximum Gasteiger partial charge on any atom is 0.323 e. The first kappa shape index (κ1) is 7.36. The van der Waals surface area contributed by atoms with Crippen LogP contribution in [0.4, 0.5) is 0 Å². The van der Waals surface area contributed by atoms with Crippen LogP contribution in [0.15, 0.2) is 0 Å². The quantitative estimate of drug-likeness (QED) is 0.293. The first-order chi connectivity index (χ1) is 4.63. The largest absolute Gasteiger partial charge is 0.323 e. The van der Waals surface area contributed by atoms with E-state index in [4.69, 9.17) is 0 Å². The number of hydrogen-bond acceptors (Lipinski definition) is 4. The second-order valence-corrected chi connectivity index (χ2v) is 2.38. The highest BCUT2D eigenvalue weighted by molar-refractivity contribution is 7.80. The standard InChI is InChI=1S/C4H7N3O2S/c1-7-3(9)2(8)5-6-4(7)10/h4,6,10H,1H3,(H,5,8). The maximum atomic E-state index is 10.8. The smallest absolute Gasteiger partial charge is 0.312 e. The van der Waals surface area contributed by atoms with Crippen molar-refractivity contribution in [3.63, 3.8) is 0 Å². The molecule has 0 aliphatic carbocycles. The van der Waals surface area contributed by atoms with Gasteiger partial charge in [0.25, 0.3) is 0 Å². The van der Waals surface area contributed by atoms with Crippen LogP contribution in [-0.4, -0.2) is 29.3 Å².